The number of carbonyl (C=O) groups excluding carboxylic acids is 1. The van der Waals surface area contributed by atoms with Gasteiger partial charge in [0.05, 0.1) is 17.7 Å². The Morgan fingerprint density at radius 1 is 1.38 bits per heavy atom. The van der Waals surface area contributed by atoms with Gasteiger partial charge in [-0.3, -0.25) is 9.80 Å². The van der Waals surface area contributed by atoms with Crippen molar-refractivity contribution < 1.29 is 4.79 Å². The van der Waals surface area contributed by atoms with Crippen molar-refractivity contribution in [1.82, 2.24) is 10.3 Å². The van der Waals surface area contributed by atoms with E-state index in [1.165, 1.54) is 16.3 Å². The molecule has 7 heteroatoms. The summed E-state index contributed by atoms with van der Waals surface area (Å²) in [6.07, 6.45) is 3.53. The Morgan fingerprint density at radius 2 is 2.12 bits per heavy atom. The van der Waals surface area contributed by atoms with Gasteiger partial charge in [-0.15, -0.1) is 0 Å². The Hall–Kier alpha value is -2.82. The quantitative estimate of drug-likeness (QED) is 0.513. The second-order valence-electron chi connectivity index (χ2n) is 6.41. The zero-order valence-electron chi connectivity index (χ0n) is 14.3. The number of hydrogen-bond acceptors (Lipinski definition) is 6. The Balaban J connectivity index is 1.79. The molecule has 1 aromatic carbocycles. The summed E-state index contributed by atoms with van der Waals surface area (Å²) >= 11 is 1.46. The lowest BCUT2D eigenvalue weighted by molar-refractivity contribution is 0.0942. The van der Waals surface area contributed by atoms with Crippen molar-refractivity contribution in [2.24, 2.45) is 11.6 Å². The highest BCUT2D eigenvalue weighted by atomic mass is 32.1. The van der Waals surface area contributed by atoms with Gasteiger partial charge in [-0.1, -0.05) is 30.3 Å². The van der Waals surface area contributed by atoms with E-state index in [1.807, 2.05) is 35.7 Å². The van der Waals surface area contributed by atoms with E-state index in [4.69, 9.17) is 11.6 Å². The van der Waals surface area contributed by atoms with Gasteiger partial charge in [-0.2, -0.15) is 16.6 Å². The molecule has 26 heavy (non-hydrogen) atoms. The number of nitriles is 1. The topological polar surface area (TPSA) is 108 Å². The molecule has 0 spiro atoms. The zero-order valence-corrected chi connectivity index (χ0v) is 15.1. The first kappa shape index (κ1) is 18.0. The van der Waals surface area contributed by atoms with Crippen LogP contribution >= 0.6 is 11.3 Å². The van der Waals surface area contributed by atoms with E-state index < -0.39 is 11.6 Å². The molecule has 1 aliphatic rings. The minimum Gasteiger partial charge on any atom is -0.399 e. The Bertz CT molecular complexity index is 821. The van der Waals surface area contributed by atoms with Crippen LogP contribution in [0.15, 0.2) is 59.1 Å². The Morgan fingerprint density at radius 3 is 2.69 bits per heavy atom. The summed E-state index contributed by atoms with van der Waals surface area (Å²) in [5.74, 6) is 5.84. The van der Waals surface area contributed by atoms with Gasteiger partial charge in [0.1, 0.15) is 5.54 Å². The van der Waals surface area contributed by atoms with E-state index in [1.54, 1.807) is 17.6 Å². The van der Waals surface area contributed by atoms with E-state index in [2.05, 4.69) is 11.4 Å². The number of carbonyl (C=O) groups is 1. The first-order valence-corrected chi connectivity index (χ1v) is 9.28. The number of benzene rings is 1. The largest absolute Gasteiger partial charge is 0.399 e. The number of thiophene rings is 1. The average molecular weight is 367 g/mol. The van der Waals surface area contributed by atoms with Crippen LogP contribution in [0.25, 0.3) is 0 Å². The summed E-state index contributed by atoms with van der Waals surface area (Å²) in [7, 11) is 0. The van der Waals surface area contributed by atoms with E-state index in [0.29, 0.717) is 30.5 Å². The molecule has 0 bridgehead atoms. The monoisotopic (exact) mass is 367 g/mol. The summed E-state index contributed by atoms with van der Waals surface area (Å²) < 4.78 is 0. The lowest BCUT2D eigenvalue weighted by Gasteiger charge is -2.24. The molecule has 6 nitrogen and oxygen atoms in total. The fourth-order valence-electron chi connectivity index (χ4n) is 2.66. The van der Waals surface area contributed by atoms with Crippen LogP contribution in [-0.4, -0.2) is 22.5 Å². The van der Waals surface area contributed by atoms with Crippen LogP contribution in [-0.2, 0) is 6.42 Å². The fourth-order valence-corrected chi connectivity index (χ4v) is 3.29. The number of rotatable bonds is 7. The van der Waals surface area contributed by atoms with E-state index in [9.17, 15) is 10.1 Å². The van der Waals surface area contributed by atoms with E-state index in [-0.39, 0.29) is 5.91 Å². The highest BCUT2D eigenvalue weighted by molar-refractivity contribution is 7.08. The molecule has 1 aromatic heterocycles. The van der Waals surface area contributed by atoms with Gasteiger partial charge >= 0.3 is 0 Å². The Kier molecular flexibility index (Phi) is 5.26. The zero-order chi connectivity index (χ0) is 18.6. The van der Waals surface area contributed by atoms with Crippen LogP contribution in [0.1, 0.15) is 28.8 Å². The minimum atomic E-state index is -0.667. The molecule has 1 saturated carbocycles. The van der Waals surface area contributed by atoms with E-state index in [0.717, 1.165) is 5.56 Å². The predicted octanol–water partition coefficient (Wildman–Crippen LogP) is 2.12. The van der Waals surface area contributed by atoms with Gasteiger partial charge in [0, 0.05) is 17.3 Å². The molecule has 3 rings (SSSR count). The number of nitrogens with one attached hydrogen (secondary N) is 1. The first-order chi connectivity index (χ1) is 12.5. The van der Waals surface area contributed by atoms with Crippen molar-refractivity contribution >= 4 is 17.2 Å². The van der Waals surface area contributed by atoms with Gasteiger partial charge in [0.25, 0.3) is 5.91 Å². The number of amides is 1. The third-order valence-corrected chi connectivity index (χ3v) is 5.17. The maximum atomic E-state index is 12.5. The molecule has 2 aromatic rings. The normalized spacial score (nSPS) is 16.4. The van der Waals surface area contributed by atoms with Crippen LogP contribution < -0.4 is 16.9 Å². The van der Waals surface area contributed by atoms with Crippen molar-refractivity contribution in [1.29, 1.82) is 5.26 Å². The summed E-state index contributed by atoms with van der Waals surface area (Å²) in [6, 6.07) is 13.3. The SMILES string of the molecule is N#CC1(N(N)/C=C(\N)[C@H](Cc2ccccc2)NC(=O)c2ccsc2)CC1. The fraction of sp³-hybridized carbons (Fsp3) is 0.263. The molecule has 1 aliphatic carbocycles. The van der Waals surface area contributed by atoms with Crippen LogP contribution in [0.5, 0.6) is 0 Å². The highest BCUT2D eigenvalue weighted by Crippen LogP contribution is 2.39. The Labute approximate surface area is 156 Å². The van der Waals surface area contributed by atoms with Crippen LogP contribution in [0, 0.1) is 11.3 Å². The van der Waals surface area contributed by atoms with Gasteiger partial charge in [0.15, 0.2) is 0 Å². The van der Waals surface area contributed by atoms with Crippen LogP contribution in [0.3, 0.4) is 0 Å². The molecule has 1 atom stereocenters. The highest BCUT2D eigenvalue weighted by Gasteiger charge is 2.47. The molecule has 1 amide bonds. The molecule has 0 radical (unpaired) electrons. The van der Waals surface area contributed by atoms with Gasteiger partial charge in [0.2, 0.25) is 0 Å². The second kappa shape index (κ2) is 7.60. The average Bonchev–Trinajstić information content (AvgIpc) is 3.26. The summed E-state index contributed by atoms with van der Waals surface area (Å²) in [5.41, 5.74) is 7.66. The number of hydrogen-bond donors (Lipinski definition) is 3. The van der Waals surface area contributed by atoms with Gasteiger partial charge in [-0.05, 0) is 36.3 Å². The minimum absolute atomic E-state index is 0.187. The molecule has 1 fully saturated rings. The van der Waals surface area contributed by atoms with Crippen molar-refractivity contribution in [2.45, 2.75) is 30.8 Å². The standard InChI is InChI=1S/C19H21N5OS/c20-13-19(7-8-19)24(22)11-16(21)17(10-14-4-2-1-3-5-14)23-18(25)15-6-9-26-12-15/h1-6,9,11-12,17H,7-8,10,21-22H2,(H,23,25)/b16-11-/t17-/m0/s1. The molecule has 134 valence electrons. The van der Waals surface area contributed by atoms with Crippen molar-refractivity contribution in [2.75, 3.05) is 0 Å². The lowest BCUT2D eigenvalue weighted by atomic mass is 10.0. The van der Waals surface area contributed by atoms with Crippen molar-refractivity contribution in [3.63, 3.8) is 0 Å². The second-order valence-corrected chi connectivity index (χ2v) is 7.19. The number of nitrogens with two attached hydrogens (primary N) is 2. The summed E-state index contributed by atoms with van der Waals surface area (Å²) in [5, 5.41) is 17.3. The maximum absolute atomic E-state index is 12.5. The molecular formula is C19H21N5OS. The van der Waals surface area contributed by atoms with Gasteiger partial charge < -0.3 is 11.1 Å². The smallest absolute Gasteiger partial charge is 0.252 e. The maximum Gasteiger partial charge on any atom is 0.252 e. The summed E-state index contributed by atoms with van der Waals surface area (Å²) in [6.45, 7) is 0. The molecule has 0 unspecified atom stereocenters. The van der Waals surface area contributed by atoms with Crippen LogP contribution in [0.2, 0.25) is 0 Å². The van der Waals surface area contributed by atoms with Crippen molar-refractivity contribution in [3.05, 3.63) is 70.2 Å². The van der Waals surface area contributed by atoms with E-state index >= 15 is 0 Å². The predicted molar refractivity (Wildman–Crippen MR) is 102 cm³/mol. The number of nitrogens with zero attached hydrogens (tertiary/aromatic N) is 2. The summed E-state index contributed by atoms with van der Waals surface area (Å²) in [4.78, 5) is 12.5. The molecule has 1 heterocycles. The van der Waals surface area contributed by atoms with Crippen molar-refractivity contribution in [3.8, 4) is 6.07 Å². The van der Waals surface area contributed by atoms with Gasteiger partial charge in [-0.25, -0.2) is 5.84 Å². The molecular weight excluding hydrogens is 346 g/mol. The third kappa shape index (κ3) is 4.04. The third-order valence-electron chi connectivity index (χ3n) is 4.49. The lowest BCUT2D eigenvalue weighted by Crippen LogP contribution is -2.43. The number of hydrazine groups is 1. The molecule has 0 aliphatic heterocycles. The molecule has 5 N–H and O–H groups in total. The van der Waals surface area contributed by atoms with Crippen LogP contribution in [0.4, 0.5) is 0 Å². The molecule has 0 saturated heterocycles. The first-order valence-electron chi connectivity index (χ1n) is 8.33.